The third-order valence-electron chi connectivity index (χ3n) is 6.92. The van der Waals surface area contributed by atoms with Gasteiger partial charge in [0, 0.05) is 25.4 Å². The summed E-state index contributed by atoms with van der Waals surface area (Å²) in [5.41, 5.74) is 0.927. The van der Waals surface area contributed by atoms with Crippen LogP contribution in [0.2, 0.25) is 0 Å². The summed E-state index contributed by atoms with van der Waals surface area (Å²) in [6, 6.07) is 11.8. The molecule has 0 bridgehead atoms. The van der Waals surface area contributed by atoms with E-state index in [1.165, 1.54) is 23.5 Å². The topological polar surface area (TPSA) is 145 Å². The molecule has 3 aromatic rings. The molecular weight excluding hydrogens is 497 g/mol. The number of hydrogen-bond acceptors (Lipinski definition) is 7. The van der Waals surface area contributed by atoms with E-state index in [1.54, 1.807) is 0 Å². The Labute approximate surface area is 228 Å². The second-order valence-corrected chi connectivity index (χ2v) is 10.3. The maximum atomic E-state index is 13.7. The number of aromatic nitrogens is 2. The minimum Gasteiger partial charge on any atom is -0.426 e. The molecule has 0 unspecified atom stereocenters. The van der Waals surface area contributed by atoms with Crippen LogP contribution in [0, 0.1) is 5.92 Å². The predicted molar refractivity (Wildman–Crippen MR) is 147 cm³/mol. The average Bonchev–Trinajstić information content (AvgIpc) is 3.42. The maximum Gasteiger partial charge on any atom is 0.475 e. The Hall–Kier alpha value is -3.83. The Balaban J connectivity index is 1.59. The minimum absolute atomic E-state index is 0.0741. The van der Waals surface area contributed by atoms with Crippen molar-refractivity contribution in [2.24, 2.45) is 5.92 Å². The Morgan fingerprint density at radius 1 is 1.05 bits per heavy atom. The van der Waals surface area contributed by atoms with Crippen LogP contribution in [-0.2, 0) is 16.0 Å². The van der Waals surface area contributed by atoms with Gasteiger partial charge in [-0.3, -0.25) is 19.4 Å². The SMILES string of the molecule is CC(C)C[C@H](NC(=O)c1cnccn1)C(=O)N[C@@H](Cc1ccc2ccccc2c1)C(=O)N1CCC[C@H]1B(O)O. The van der Waals surface area contributed by atoms with E-state index < -0.39 is 42.9 Å². The molecule has 0 saturated carbocycles. The third kappa shape index (κ3) is 7.18. The number of rotatable bonds is 10. The van der Waals surface area contributed by atoms with E-state index in [0.717, 1.165) is 16.3 Å². The first-order valence-electron chi connectivity index (χ1n) is 13.2. The lowest BCUT2D eigenvalue weighted by atomic mass is 9.77. The molecule has 1 aliphatic heterocycles. The van der Waals surface area contributed by atoms with Gasteiger partial charge in [0.25, 0.3) is 5.91 Å². The highest BCUT2D eigenvalue weighted by Crippen LogP contribution is 2.22. The van der Waals surface area contributed by atoms with Gasteiger partial charge in [-0.05, 0) is 41.5 Å². The molecule has 39 heavy (non-hydrogen) atoms. The van der Waals surface area contributed by atoms with Crippen molar-refractivity contribution < 1.29 is 24.4 Å². The van der Waals surface area contributed by atoms with Crippen LogP contribution in [0.25, 0.3) is 10.8 Å². The number of carbonyl (C=O) groups excluding carboxylic acids is 3. The van der Waals surface area contributed by atoms with Crippen molar-refractivity contribution >= 4 is 35.6 Å². The summed E-state index contributed by atoms with van der Waals surface area (Å²) in [5.74, 6) is -2.10. The van der Waals surface area contributed by atoms with Gasteiger partial charge in [0.05, 0.1) is 12.1 Å². The number of fused-ring (bicyclic) bond motifs is 1. The zero-order valence-electron chi connectivity index (χ0n) is 22.2. The fraction of sp³-hybridized carbons (Fsp3) is 0.393. The van der Waals surface area contributed by atoms with Gasteiger partial charge in [-0.25, -0.2) is 4.98 Å². The van der Waals surface area contributed by atoms with E-state index in [0.29, 0.717) is 25.8 Å². The van der Waals surface area contributed by atoms with Crippen LogP contribution in [0.4, 0.5) is 0 Å². The lowest BCUT2D eigenvalue weighted by Gasteiger charge is -2.30. The van der Waals surface area contributed by atoms with E-state index in [1.807, 2.05) is 56.3 Å². The molecule has 1 saturated heterocycles. The lowest BCUT2D eigenvalue weighted by molar-refractivity contribution is -0.137. The lowest BCUT2D eigenvalue weighted by Crippen LogP contribution is -2.57. The summed E-state index contributed by atoms with van der Waals surface area (Å²) in [6.45, 7) is 4.23. The first-order chi connectivity index (χ1) is 18.7. The number of benzene rings is 2. The van der Waals surface area contributed by atoms with Gasteiger partial charge in [0.1, 0.15) is 17.8 Å². The van der Waals surface area contributed by atoms with Crippen molar-refractivity contribution in [3.8, 4) is 0 Å². The van der Waals surface area contributed by atoms with Crippen molar-refractivity contribution in [1.82, 2.24) is 25.5 Å². The van der Waals surface area contributed by atoms with Crippen LogP contribution in [0.3, 0.4) is 0 Å². The first-order valence-corrected chi connectivity index (χ1v) is 13.2. The highest BCUT2D eigenvalue weighted by Gasteiger charge is 2.40. The molecule has 11 heteroatoms. The molecule has 204 valence electrons. The fourth-order valence-corrected chi connectivity index (χ4v) is 5.00. The molecule has 4 rings (SSSR count). The zero-order chi connectivity index (χ0) is 27.9. The highest BCUT2D eigenvalue weighted by atomic mass is 16.4. The molecule has 4 N–H and O–H groups in total. The predicted octanol–water partition coefficient (Wildman–Crippen LogP) is 1.50. The molecule has 0 spiro atoms. The van der Waals surface area contributed by atoms with Crippen LogP contribution in [0.15, 0.2) is 61.1 Å². The molecule has 1 fully saturated rings. The van der Waals surface area contributed by atoms with Gasteiger partial charge in [-0.2, -0.15) is 0 Å². The fourth-order valence-electron chi connectivity index (χ4n) is 5.00. The Morgan fingerprint density at radius 2 is 1.82 bits per heavy atom. The molecule has 3 atom stereocenters. The second-order valence-electron chi connectivity index (χ2n) is 10.3. The van der Waals surface area contributed by atoms with Crippen LogP contribution in [0.5, 0.6) is 0 Å². The minimum atomic E-state index is -1.67. The smallest absolute Gasteiger partial charge is 0.426 e. The summed E-state index contributed by atoms with van der Waals surface area (Å²) in [7, 11) is -1.67. The number of nitrogens with one attached hydrogen (secondary N) is 2. The third-order valence-corrected chi connectivity index (χ3v) is 6.92. The van der Waals surface area contributed by atoms with Crippen molar-refractivity contribution in [3.05, 3.63) is 72.3 Å². The molecule has 3 amide bonds. The average molecular weight is 531 g/mol. The summed E-state index contributed by atoms with van der Waals surface area (Å²) >= 11 is 0. The van der Waals surface area contributed by atoms with Crippen LogP contribution >= 0.6 is 0 Å². The molecule has 0 aliphatic carbocycles. The van der Waals surface area contributed by atoms with E-state index in [-0.39, 0.29) is 18.0 Å². The van der Waals surface area contributed by atoms with E-state index in [2.05, 4.69) is 20.6 Å². The second kappa shape index (κ2) is 12.8. The molecule has 2 aromatic carbocycles. The van der Waals surface area contributed by atoms with Gasteiger partial charge in [-0.1, -0.05) is 56.3 Å². The number of likely N-dealkylation sites (tertiary alicyclic amines) is 1. The maximum absolute atomic E-state index is 13.7. The normalized spacial score (nSPS) is 16.6. The first kappa shape index (κ1) is 28.2. The molecule has 2 heterocycles. The molecule has 1 aromatic heterocycles. The molecule has 10 nitrogen and oxygen atoms in total. The van der Waals surface area contributed by atoms with Crippen molar-refractivity contribution in [1.29, 1.82) is 0 Å². The van der Waals surface area contributed by atoms with E-state index >= 15 is 0 Å². The summed E-state index contributed by atoms with van der Waals surface area (Å²) in [6.07, 6.45) is 5.81. The quantitative estimate of drug-likeness (QED) is 0.290. The van der Waals surface area contributed by atoms with Crippen molar-refractivity contribution in [2.45, 2.75) is 57.6 Å². The van der Waals surface area contributed by atoms with Crippen LogP contribution < -0.4 is 10.6 Å². The molecule has 0 radical (unpaired) electrons. The monoisotopic (exact) mass is 531 g/mol. The number of hydrogen-bond donors (Lipinski definition) is 4. The zero-order valence-corrected chi connectivity index (χ0v) is 22.2. The Bertz CT molecular complexity index is 1310. The largest absolute Gasteiger partial charge is 0.475 e. The number of nitrogens with zero attached hydrogens (tertiary/aromatic N) is 3. The van der Waals surface area contributed by atoms with Crippen LogP contribution in [-0.4, -0.2) is 74.3 Å². The van der Waals surface area contributed by atoms with Gasteiger partial charge in [0.2, 0.25) is 11.8 Å². The standard InChI is InChI=1S/C28H34BN5O5/c1-18(2)14-22(32-27(36)24-17-30-11-12-31-24)26(35)33-23(28(37)34-13-5-8-25(34)29(38)39)16-19-9-10-20-6-3-4-7-21(20)15-19/h3-4,6-7,9-12,15,17-18,22-23,25,38-39H,5,8,13-14,16H2,1-2H3,(H,32,36)(H,33,35)/t22-,23-,25-/m0/s1. The summed E-state index contributed by atoms with van der Waals surface area (Å²) in [5, 5.41) is 27.4. The molecular formula is C28H34BN5O5. The Kier molecular flexibility index (Phi) is 9.26. The van der Waals surface area contributed by atoms with Crippen molar-refractivity contribution in [3.63, 3.8) is 0 Å². The van der Waals surface area contributed by atoms with Crippen molar-refractivity contribution in [2.75, 3.05) is 6.54 Å². The number of amides is 3. The highest BCUT2D eigenvalue weighted by molar-refractivity contribution is 6.43. The van der Waals surface area contributed by atoms with Gasteiger partial charge in [0.15, 0.2) is 0 Å². The summed E-state index contributed by atoms with van der Waals surface area (Å²) in [4.78, 5) is 49.4. The Morgan fingerprint density at radius 3 is 2.51 bits per heavy atom. The molecule has 1 aliphatic rings. The van der Waals surface area contributed by atoms with E-state index in [9.17, 15) is 24.4 Å². The number of carbonyl (C=O) groups is 3. The van der Waals surface area contributed by atoms with E-state index in [4.69, 9.17) is 0 Å². The van der Waals surface area contributed by atoms with Gasteiger partial charge in [-0.15, -0.1) is 0 Å². The van der Waals surface area contributed by atoms with Crippen LogP contribution in [0.1, 0.15) is 49.2 Å². The van der Waals surface area contributed by atoms with Gasteiger partial charge < -0.3 is 25.6 Å². The van der Waals surface area contributed by atoms with Gasteiger partial charge >= 0.3 is 7.12 Å². The summed E-state index contributed by atoms with van der Waals surface area (Å²) < 4.78 is 0.